The van der Waals surface area contributed by atoms with E-state index in [2.05, 4.69) is 74.4 Å². The van der Waals surface area contributed by atoms with Crippen LogP contribution in [0.1, 0.15) is 147 Å². The first kappa shape index (κ1) is 74.9. The third-order valence-corrected chi connectivity index (χ3v) is 19.0. The molecule has 2 saturated heterocycles. The summed E-state index contributed by atoms with van der Waals surface area (Å²) in [5, 5.41) is 19.6. The second kappa shape index (κ2) is 32.1. The summed E-state index contributed by atoms with van der Waals surface area (Å²) in [4.78, 5) is 120. The van der Waals surface area contributed by atoms with E-state index >= 15 is 0 Å². The van der Waals surface area contributed by atoms with Crippen LogP contribution in [-0.4, -0.2) is 154 Å². The number of morpholine rings is 1. The number of aromatic nitrogens is 3. The fourth-order valence-electron chi connectivity index (χ4n) is 12.4. The molecule has 9 rings (SSSR count). The molecule has 1 saturated carbocycles. The SMILES string of the molecule is C=C1CN(CCNC(=O)C(=O)c2c(C)c(C(=O)Nc3ccc(F)c(C)c3)c(C)n2C)CCN1.Cc1cc(NC(=O)c2c(C)c(C(=O)C(=O)NCCCN3CCOCC3)n(C)c2C)ccc1F.Cc1cc(NC(=O)c2c(C)c(C(=O)C(=O)N[C@H]3C[C@@H](C)C3(C)C)n(C)c2C)ccc1F. The Balaban J connectivity index is 0.000000205. The topological polar surface area (TPSA) is 268 Å². The van der Waals surface area contributed by atoms with Crippen LogP contribution in [0.15, 0.2) is 66.9 Å². The molecule has 3 aromatic carbocycles. The number of rotatable bonds is 20. The standard InChI is InChI=1S/C24H30FN5O3.C24H31FN4O4.C24H30FN3O3/c1-14-12-18(6-7-19(14)25)28-23(32)20-16(3)21(29(5)17(20)4)22(31)24(33)27-9-11-30-10-8-26-15(2)13-30;1-15-14-18(6-7-19(15)25)27-23(31)20-16(2)21(28(4)17(20)3)22(30)24(32)26-8-5-9-29-10-12-33-13-11-29;1-12-10-16(8-9-17(12)25)26-22(30)19-14(3)20(28(7)15(19)4)21(29)23(31)27-18-11-13(2)24(18,5)6/h6-7,12,26H,2,8-11,13H2,1,3-5H3,(H,27,33)(H,28,32);6-7,14H,5,8-13H2,1-4H3,(H,26,32)(H,27,31);8-10,13,18H,11H2,1-7H3,(H,26,30)(H,27,31)/t;;13-,18+/m..1/s1. The van der Waals surface area contributed by atoms with E-state index < -0.39 is 52.8 Å². The van der Waals surface area contributed by atoms with Crippen molar-refractivity contribution in [3.8, 4) is 0 Å². The summed E-state index contributed by atoms with van der Waals surface area (Å²) in [6, 6.07) is 12.9. The number of carbonyl (C=O) groups is 9. The molecule has 0 radical (unpaired) electrons. The number of ether oxygens (including phenoxy) is 1. The van der Waals surface area contributed by atoms with Gasteiger partial charge in [0.1, 0.15) is 17.5 Å². The minimum absolute atomic E-state index is 0.0508. The van der Waals surface area contributed by atoms with Gasteiger partial charge in [0.2, 0.25) is 0 Å². The lowest BCUT2D eigenvalue weighted by Gasteiger charge is -2.50. The van der Waals surface area contributed by atoms with E-state index in [-0.39, 0.29) is 46.0 Å². The van der Waals surface area contributed by atoms with Crippen molar-refractivity contribution in [3.63, 3.8) is 0 Å². The van der Waals surface area contributed by atoms with E-state index in [4.69, 9.17) is 4.74 Å². The van der Waals surface area contributed by atoms with Crippen molar-refractivity contribution in [1.29, 1.82) is 0 Å². The van der Waals surface area contributed by atoms with Gasteiger partial charge in [-0.2, -0.15) is 0 Å². The molecule has 0 bridgehead atoms. The first-order valence-corrected chi connectivity index (χ1v) is 32.3. The molecule has 3 aromatic heterocycles. The summed E-state index contributed by atoms with van der Waals surface area (Å²) in [6.07, 6.45) is 1.57. The average Bonchev–Trinajstić information content (AvgIpc) is 1.55. The van der Waals surface area contributed by atoms with Gasteiger partial charge in [0, 0.05) is 119 Å². The highest BCUT2D eigenvalue weighted by atomic mass is 19.1. The van der Waals surface area contributed by atoms with Crippen LogP contribution in [0.25, 0.3) is 0 Å². The maximum absolute atomic E-state index is 13.5. The number of aryl methyl sites for hydroxylation is 3. The van der Waals surface area contributed by atoms with Gasteiger partial charge in [-0.1, -0.05) is 27.4 Å². The second-order valence-corrected chi connectivity index (χ2v) is 25.8. The Bertz CT molecular complexity index is 4080. The maximum atomic E-state index is 13.5. The van der Waals surface area contributed by atoms with Crippen molar-refractivity contribution in [2.24, 2.45) is 32.5 Å². The zero-order valence-electron chi connectivity index (χ0n) is 58.2. The molecular formula is C72H91F3N12O10. The van der Waals surface area contributed by atoms with Crippen LogP contribution in [0.3, 0.4) is 0 Å². The van der Waals surface area contributed by atoms with Gasteiger partial charge in [-0.05, 0) is 181 Å². The van der Waals surface area contributed by atoms with Crippen molar-refractivity contribution >= 4 is 69.9 Å². The molecule has 6 aromatic rings. The summed E-state index contributed by atoms with van der Waals surface area (Å²) in [5.41, 5.74) is 7.96. The highest BCUT2D eigenvalue weighted by Gasteiger charge is 2.47. The van der Waals surface area contributed by atoms with Crippen LogP contribution in [-0.2, 0) is 40.3 Å². The molecule has 22 nitrogen and oxygen atoms in total. The second-order valence-electron chi connectivity index (χ2n) is 25.8. The Morgan fingerprint density at radius 2 is 0.928 bits per heavy atom. The molecule has 2 aliphatic heterocycles. The van der Waals surface area contributed by atoms with Crippen LogP contribution < -0.4 is 37.2 Å². The largest absolute Gasteiger partial charge is 0.386 e. The van der Waals surface area contributed by atoms with Crippen LogP contribution in [0, 0.1) is 91.1 Å². The van der Waals surface area contributed by atoms with Gasteiger partial charge in [0.25, 0.3) is 52.8 Å². The molecule has 6 amide bonds. The lowest BCUT2D eigenvalue weighted by Crippen LogP contribution is -2.58. The van der Waals surface area contributed by atoms with Crippen molar-refractivity contribution in [1.82, 2.24) is 44.8 Å². The number of halogens is 3. The molecule has 1 aliphatic carbocycles. The van der Waals surface area contributed by atoms with Crippen molar-refractivity contribution in [3.05, 3.63) is 169 Å². The minimum Gasteiger partial charge on any atom is -0.386 e. The number of amides is 6. The predicted molar refractivity (Wildman–Crippen MR) is 366 cm³/mol. The third-order valence-electron chi connectivity index (χ3n) is 19.0. The summed E-state index contributed by atoms with van der Waals surface area (Å²) >= 11 is 0. The number of Topliss-reactive ketones (excluding diaryl/α,β-unsaturated/α-hetero) is 3. The highest BCUT2D eigenvalue weighted by Crippen LogP contribution is 2.45. The van der Waals surface area contributed by atoms with Crippen molar-refractivity contribution in [2.45, 2.75) is 102 Å². The van der Waals surface area contributed by atoms with Gasteiger partial charge in [-0.3, -0.25) is 53.0 Å². The quantitative estimate of drug-likeness (QED) is 0.0215. The highest BCUT2D eigenvalue weighted by molar-refractivity contribution is 6.44. The molecule has 7 N–H and O–H groups in total. The van der Waals surface area contributed by atoms with Gasteiger partial charge >= 0.3 is 0 Å². The van der Waals surface area contributed by atoms with Crippen molar-refractivity contribution in [2.75, 3.05) is 88.1 Å². The molecule has 520 valence electrons. The zero-order chi connectivity index (χ0) is 71.7. The molecule has 25 heteroatoms. The lowest BCUT2D eigenvalue weighted by molar-refractivity contribution is -0.121. The first-order chi connectivity index (χ1) is 45.7. The van der Waals surface area contributed by atoms with Crippen LogP contribution in [0.4, 0.5) is 30.2 Å². The minimum atomic E-state index is -0.714. The van der Waals surface area contributed by atoms with E-state index in [1.54, 1.807) is 103 Å². The predicted octanol–water partition coefficient (Wildman–Crippen LogP) is 8.50. The van der Waals surface area contributed by atoms with Crippen LogP contribution >= 0.6 is 0 Å². The van der Waals surface area contributed by atoms with Gasteiger partial charge < -0.3 is 55.7 Å². The number of ketones is 3. The molecule has 97 heavy (non-hydrogen) atoms. The fourth-order valence-corrected chi connectivity index (χ4v) is 12.4. The lowest BCUT2D eigenvalue weighted by atomic mass is 9.59. The monoisotopic (exact) mass is 1340 g/mol. The molecule has 3 aliphatic rings. The number of hydrogen-bond acceptors (Lipinski definition) is 13. The molecule has 0 spiro atoms. The van der Waals surface area contributed by atoms with E-state index in [9.17, 15) is 56.3 Å². The number of anilines is 3. The number of carbonyl (C=O) groups excluding carboxylic acids is 9. The maximum Gasteiger partial charge on any atom is 0.294 e. The van der Waals surface area contributed by atoms with Gasteiger partial charge in [-0.25, -0.2) is 13.2 Å². The number of benzene rings is 3. The summed E-state index contributed by atoms with van der Waals surface area (Å²) < 4.78 is 50.6. The smallest absolute Gasteiger partial charge is 0.294 e. The molecular weight excluding hydrogens is 1250 g/mol. The van der Waals surface area contributed by atoms with Gasteiger partial charge in [-0.15, -0.1) is 0 Å². The van der Waals surface area contributed by atoms with Crippen LogP contribution in [0.2, 0.25) is 0 Å². The Labute approximate surface area is 564 Å². The Hall–Kier alpha value is -9.46. The number of piperazine rings is 1. The zero-order valence-corrected chi connectivity index (χ0v) is 58.2. The Morgan fingerprint density at radius 3 is 1.29 bits per heavy atom. The van der Waals surface area contributed by atoms with Gasteiger partial charge in [0.05, 0.1) is 47.0 Å². The first-order valence-electron chi connectivity index (χ1n) is 32.3. The Kier molecular flexibility index (Phi) is 24.8. The summed E-state index contributed by atoms with van der Waals surface area (Å²) in [7, 11) is 4.96. The molecule has 5 heterocycles. The van der Waals surface area contributed by atoms with Gasteiger partial charge in [0.15, 0.2) is 0 Å². The average molecular weight is 1340 g/mol. The molecule has 2 atom stereocenters. The third kappa shape index (κ3) is 17.4. The van der Waals surface area contributed by atoms with E-state index in [1.165, 1.54) is 48.5 Å². The Morgan fingerprint density at radius 1 is 0.546 bits per heavy atom. The normalized spacial score (nSPS) is 15.8. The fraction of sp³-hybridized carbons (Fsp3) is 0.431. The number of nitrogens with one attached hydrogen (secondary N) is 7. The van der Waals surface area contributed by atoms with E-state index in [0.717, 1.165) is 51.3 Å². The van der Waals surface area contributed by atoms with Crippen LogP contribution in [0.5, 0.6) is 0 Å². The summed E-state index contributed by atoms with van der Waals surface area (Å²) in [6.45, 7) is 32.8. The number of hydrogen-bond donors (Lipinski definition) is 7. The molecule has 0 unspecified atom stereocenters. The summed E-state index contributed by atoms with van der Waals surface area (Å²) in [5.74, 6) is -5.96. The van der Waals surface area contributed by atoms with E-state index in [0.29, 0.717) is 130 Å². The molecule has 3 fully saturated rings. The van der Waals surface area contributed by atoms with E-state index in [1.807, 2.05) is 0 Å². The number of nitrogens with zero attached hydrogens (tertiary/aromatic N) is 5. The van der Waals surface area contributed by atoms with Crippen molar-refractivity contribution < 1.29 is 61.1 Å².